The molecule has 144 valence electrons. The number of aromatic amines is 1. The molecule has 0 spiro atoms. The zero-order valence-corrected chi connectivity index (χ0v) is 15.9. The summed E-state index contributed by atoms with van der Waals surface area (Å²) in [6.45, 7) is 3.28. The zero-order chi connectivity index (χ0) is 19.5. The largest absolute Gasteiger partial charge is 0.392 e. The quantitative estimate of drug-likeness (QED) is 0.732. The van der Waals surface area contributed by atoms with E-state index in [2.05, 4.69) is 15.2 Å². The van der Waals surface area contributed by atoms with Crippen molar-refractivity contribution in [3.8, 4) is 11.1 Å². The first kappa shape index (κ1) is 18.4. The van der Waals surface area contributed by atoms with Crippen molar-refractivity contribution < 1.29 is 9.90 Å². The first-order chi connectivity index (χ1) is 13.7. The third kappa shape index (κ3) is 3.68. The van der Waals surface area contributed by atoms with E-state index < -0.39 is 0 Å². The summed E-state index contributed by atoms with van der Waals surface area (Å²) in [5.74, 6) is 2.03. The van der Waals surface area contributed by atoms with E-state index in [9.17, 15) is 9.90 Å². The van der Waals surface area contributed by atoms with Crippen LogP contribution >= 0.6 is 0 Å². The van der Waals surface area contributed by atoms with Gasteiger partial charge in [-0.05, 0) is 48.6 Å². The molecule has 2 heterocycles. The Bertz CT molecular complexity index is 974. The Morgan fingerprint density at radius 3 is 2.68 bits per heavy atom. The lowest BCUT2D eigenvalue weighted by atomic mass is 9.95. The number of aliphatic hydroxyl groups is 1. The number of carbonyl (C=O) groups is 1. The first-order valence-corrected chi connectivity index (χ1v) is 9.63. The number of aliphatic hydroxyl groups excluding tert-OH is 1. The molecule has 2 N–H and O–H groups in total. The lowest BCUT2D eigenvalue weighted by Crippen LogP contribution is -2.38. The smallest absolute Gasteiger partial charge is 0.253 e. The van der Waals surface area contributed by atoms with Crippen molar-refractivity contribution in [3.05, 3.63) is 71.3 Å². The lowest BCUT2D eigenvalue weighted by molar-refractivity contribution is 0.0711. The molecular formula is C22H24N4O2. The Morgan fingerprint density at radius 1 is 1.18 bits per heavy atom. The molecule has 2 aromatic carbocycles. The highest BCUT2D eigenvalue weighted by Crippen LogP contribution is 2.28. The summed E-state index contributed by atoms with van der Waals surface area (Å²) in [5, 5.41) is 16.8. The van der Waals surface area contributed by atoms with Crippen molar-refractivity contribution in [2.24, 2.45) is 0 Å². The molecule has 4 rings (SSSR count). The summed E-state index contributed by atoms with van der Waals surface area (Å²) < 4.78 is 0. The monoisotopic (exact) mass is 376 g/mol. The number of H-pyrrole nitrogens is 1. The van der Waals surface area contributed by atoms with Crippen molar-refractivity contribution >= 4 is 5.91 Å². The molecule has 0 bridgehead atoms. The minimum absolute atomic E-state index is 0.0252. The van der Waals surface area contributed by atoms with E-state index in [0.717, 1.165) is 41.2 Å². The average Bonchev–Trinajstić information content (AvgIpc) is 3.19. The molecule has 1 saturated heterocycles. The first-order valence-electron chi connectivity index (χ1n) is 9.63. The molecule has 0 saturated carbocycles. The van der Waals surface area contributed by atoms with Gasteiger partial charge in [0.05, 0.1) is 6.61 Å². The molecule has 0 radical (unpaired) electrons. The van der Waals surface area contributed by atoms with Crippen LogP contribution in [0.15, 0.2) is 48.5 Å². The highest BCUT2D eigenvalue weighted by atomic mass is 16.3. The van der Waals surface area contributed by atoms with Crippen molar-refractivity contribution in [2.45, 2.75) is 32.3 Å². The lowest BCUT2D eigenvalue weighted by Gasteiger charge is -2.31. The van der Waals surface area contributed by atoms with E-state index in [1.54, 1.807) is 0 Å². The van der Waals surface area contributed by atoms with Crippen molar-refractivity contribution in [1.82, 2.24) is 20.1 Å². The highest BCUT2D eigenvalue weighted by Gasteiger charge is 2.26. The summed E-state index contributed by atoms with van der Waals surface area (Å²) in [6, 6.07) is 15.4. The molecule has 1 amide bonds. The van der Waals surface area contributed by atoms with Gasteiger partial charge in [0.25, 0.3) is 5.91 Å². The number of amides is 1. The summed E-state index contributed by atoms with van der Waals surface area (Å²) >= 11 is 0. The van der Waals surface area contributed by atoms with Gasteiger partial charge in [-0.3, -0.25) is 9.89 Å². The van der Waals surface area contributed by atoms with E-state index in [-0.39, 0.29) is 12.5 Å². The normalized spacial score (nSPS) is 15.0. The van der Waals surface area contributed by atoms with Crippen LogP contribution in [0.5, 0.6) is 0 Å². The van der Waals surface area contributed by atoms with Crippen molar-refractivity contribution in [1.29, 1.82) is 0 Å². The Labute approximate surface area is 164 Å². The Morgan fingerprint density at radius 2 is 1.96 bits per heavy atom. The minimum atomic E-state index is -0.0252. The van der Waals surface area contributed by atoms with Gasteiger partial charge in [-0.1, -0.05) is 36.4 Å². The predicted octanol–water partition coefficient (Wildman–Crippen LogP) is 3.29. The maximum atomic E-state index is 13.0. The van der Waals surface area contributed by atoms with E-state index >= 15 is 0 Å². The minimum Gasteiger partial charge on any atom is -0.392 e. The van der Waals surface area contributed by atoms with Gasteiger partial charge in [0.15, 0.2) is 5.82 Å². The second kappa shape index (κ2) is 7.94. The van der Waals surface area contributed by atoms with Crippen LogP contribution in [-0.4, -0.2) is 44.2 Å². The molecule has 6 heteroatoms. The van der Waals surface area contributed by atoms with Crippen LogP contribution in [-0.2, 0) is 6.61 Å². The van der Waals surface area contributed by atoms with Crippen LogP contribution < -0.4 is 0 Å². The van der Waals surface area contributed by atoms with Crippen molar-refractivity contribution in [2.75, 3.05) is 13.1 Å². The second-order valence-corrected chi connectivity index (χ2v) is 7.24. The third-order valence-electron chi connectivity index (χ3n) is 5.37. The van der Waals surface area contributed by atoms with Gasteiger partial charge in [-0.2, -0.15) is 5.10 Å². The summed E-state index contributed by atoms with van der Waals surface area (Å²) in [7, 11) is 0. The van der Waals surface area contributed by atoms with Gasteiger partial charge in [-0.15, -0.1) is 0 Å². The van der Waals surface area contributed by atoms with Crippen LogP contribution in [0.4, 0.5) is 0 Å². The molecule has 28 heavy (non-hydrogen) atoms. The summed E-state index contributed by atoms with van der Waals surface area (Å²) in [4.78, 5) is 19.4. The molecule has 0 atom stereocenters. The fourth-order valence-corrected chi connectivity index (χ4v) is 3.83. The SMILES string of the molecule is Cc1nc(C2CCN(C(=O)c3cccc(-c4ccccc4CO)c3)CC2)n[nH]1. The van der Waals surface area contributed by atoms with Crippen LogP contribution in [0.2, 0.25) is 0 Å². The third-order valence-corrected chi connectivity index (χ3v) is 5.37. The number of aromatic nitrogens is 3. The number of aryl methyl sites for hydroxylation is 1. The molecule has 1 aliphatic heterocycles. The van der Waals surface area contributed by atoms with Crippen LogP contribution in [0, 0.1) is 6.92 Å². The van der Waals surface area contributed by atoms with Gasteiger partial charge < -0.3 is 10.0 Å². The number of benzene rings is 2. The second-order valence-electron chi connectivity index (χ2n) is 7.24. The van der Waals surface area contributed by atoms with Crippen LogP contribution in [0.1, 0.15) is 46.3 Å². The zero-order valence-electron chi connectivity index (χ0n) is 15.9. The highest BCUT2D eigenvalue weighted by molar-refractivity contribution is 5.95. The maximum Gasteiger partial charge on any atom is 0.253 e. The number of piperidine rings is 1. The van der Waals surface area contributed by atoms with Gasteiger partial charge in [0.2, 0.25) is 0 Å². The van der Waals surface area contributed by atoms with Gasteiger partial charge in [0, 0.05) is 24.6 Å². The number of likely N-dealkylation sites (tertiary alicyclic amines) is 1. The Balaban J connectivity index is 1.48. The number of rotatable bonds is 4. The molecule has 0 unspecified atom stereocenters. The maximum absolute atomic E-state index is 13.0. The molecule has 1 fully saturated rings. The van der Waals surface area contributed by atoms with E-state index in [1.165, 1.54) is 0 Å². The fourth-order valence-electron chi connectivity index (χ4n) is 3.83. The number of nitrogens with zero attached hydrogens (tertiary/aromatic N) is 3. The number of hydrogen-bond donors (Lipinski definition) is 2. The summed E-state index contributed by atoms with van der Waals surface area (Å²) in [5.41, 5.74) is 3.44. The molecular weight excluding hydrogens is 352 g/mol. The number of nitrogens with one attached hydrogen (secondary N) is 1. The Kier molecular flexibility index (Phi) is 5.21. The van der Waals surface area contributed by atoms with E-state index in [0.29, 0.717) is 24.6 Å². The van der Waals surface area contributed by atoms with E-state index in [1.807, 2.05) is 60.4 Å². The molecule has 0 aliphatic carbocycles. The number of carbonyl (C=O) groups excluding carboxylic acids is 1. The molecule has 1 aliphatic rings. The topological polar surface area (TPSA) is 82.1 Å². The van der Waals surface area contributed by atoms with Crippen LogP contribution in [0.25, 0.3) is 11.1 Å². The molecule has 6 nitrogen and oxygen atoms in total. The predicted molar refractivity (Wildman–Crippen MR) is 107 cm³/mol. The standard InChI is InChI=1S/C22H24N4O2/c1-15-23-21(25-24-15)16-9-11-26(12-10-16)22(28)18-7-4-6-17(13-18)20-8-3-2-5-19(20)14-27/h2-8,13,16,27H,9-12,14H2,1H3,(H,23,24,25). The van der Waals surface area contributed by atoms with Gasteiger partial charge in [-0.25, -0.2) is 4.98 Å². The van der Waals surface area contributed by atoms with Crippen LogP contribution in [0.3, 0.4) is 0 Å². The fraction of sp³-hybridized carbons (Fsp3) is 0.318. The molecule has 1 aromatic heterocycles. The average molecular weight is 376 g/mol. The number of hydrogen-bond acceptors (Lipinski definition) is 4. The van der Waals surface area contributed by atoms with Gasteiger partial charge in [0.1, 0.15) is 5.82 Å². The molecule has 3 aromatic rings. The Hall–Kier alpha value is -2.99. The van der Waals surface area contributed by atoms with Gasteiger partial charge >= 0.3 is 0 Å². The van der Waals surface area contributed by atoms with Crippen molar-refractivity contribution in [3.63, 3.8) is 0 Å². The van der Waals surface area contributed by atoms with E-state index in [4.69, 9.17) is 0 Å². The summed E-state index contributed by atoms with van der Waals surface area (Å²) in [6.07, 6.45) is 1.74.